The van der Waals surface area contributed by atoms with Crippen LogP contribution in [0.25, 0.3) is 5.82 Å². The number of hydrogen-bond donors (Lipinski definition) is 1. The monoisotopic (exact) mass is 348 g/mol. The van der Waals surface area contributed by atoms with Gasteiger partial charge in [-0.2, -0.15) is 0 Å². The van der Waals surface area contributed by atoms with E-state index in [1.54, 1.807) is 42.1 Å². The van der Waals surface area contributed by atoms with E-state index in [1.807, 2.05) is 11.0 Å². The topological polar surface area (TPSA) is 61.6 Å². The summed E-state index contributed by atoms with van der Waals surface area (Å²) in [6.07, 6.45) is 3.10. The molecule has 7 heteroatoms. The fraction of sp³-hybridized carbons (Fsp3) is 0.412. The number of β-amino-alcohol motifs (C(OH)–C–C–N with tert-alkyl or cyclic N) is 1. The van der Waals surface area contributed by atoms with Crippen molar-refractivity contribution in [3.63, 3.8) is 0 Å². The second-order valence-electron chi connectivity index (χ2n) is 6.01. The first-order valence-electron chi connectivity index (χ1n) is 8.04. The highest BCUT2D eigenvalue weighted by atomic mass is 35.5. The summed E-state index contributed by atoms with van der Waals surface area (Å²) in [5.41, 5.74) is 0.555. The predicted octanol–water partition coefficient (Wildman–Crippen LogP) is 1.66. The van der Waals surface area contributed by atoms with E-state index in [0.29, 0.717) is 36.2 Å². The van der Waals surface area contributed by atoms with Gasteiger partial charge < -0.3 is 10.0 Å². The van der Waals surface area contributed by atoms with Crippen molar-refractivity contribution in [3.8, 4) is 5.82 Å². The third kappa shape index (κ3) is 3.61. The molecule has 0 unspecified atom stereocenters. The van der Waals surface area contributed by atoms with Crippen molar-refractivity contribution in [2.45, 2.75) is 13.0 Å². The van der Waals surface area contributed by atoms with Crippen molar-refractivity contribution in [2.75, 3.05) is 32.7 Å². The first kappa shape index (κ1) is 17.0. The molecule has 0 aliphatic carbocycles. The van der Waals surface area contributed by atoms with E-state index >= 15 is 0 Å². The van der Waals surface area contributed by atoms with Gasteiger partial charge >= 0.3 is 0 Å². The minimum atomic E-state index is -0.351. The molecule has 0 saturated carbocycles. The molecule has 2 aromatic heterocycles. The number of aliphatic hydroxyl groups excluding tert-OH is 1. The van der Waals surface area contributed by atoms with Crippen molar-refractivity contribution in [3.05, 3.63) is 47.4 Å². The minimum absolute atomic E-state index is 0.0292. The Morgan fingerprint density at radius 1 is 1.29 bits per heavy atom. The number of halogens is 1. The standard InChI is InChI=1S/C17H21ClN4O2/c1-13(23)12-20-8-10-21(11-9-20)17(24)15-5-3-7-22(15)16-14(18)4-2-6-19-16/h2-7,13,23H,8-12H2,1H3/t13-/m0/s1. The Kier molecular flexibility index (Phi) is 5.18. The molecule has 3 rings (SSSR count). The Morgan fingerprint density at radius 2 is 2.04 bits per heavy atom. The van der Waals surface area contributed by atoms with E-state index in [2.05, 4.69) is 9.88 Å². The van der Waals surface area contributed by atoms with E-state index in [1.165, 1.54) is 0 Å². The van der Waals surface area contributed by atoms with Crippen LogP contribution in [0.2, 0.25) is 5.02 Å². The number of aromatic nitrogens is 2. The number of hydrogen-bond acceptors (Lipinski definition) is 4. The van der Waals surface area contributed by atoms with Crippen LogP contribution in [0.1, 0.15) is 17.4 Å². The van der Waals surface area contributed by atoms with Gasteiger partial charge in [0.2, 0.25) is 0 Å². The zero-order valence-corrected chi connectivity index (χ0v) is 14.4. The summed E-state index contributed by atoms with van der Waals surface area (Å²) < 4.78 is 1.73. The minimum Gasteiger partial charge on any atom is -0.392 e. The SMILES string of the molecule is C[C@H](O)CN1CCN(C(=O)c2cccn2-c2ncccc2Cl)CC1. The molecule has 1 fully saturated rings. The van der Waals surface area contributed by atoms with Gasteiger partial charge in [0.15, 0.2) is 5.82 Å². The summed E-state index contributed by atoms with van der Waals surface area (Å²) >= 11 is 6.21. The number of rotatable bonds is 4. The lowest BCUT2D eigenvalue weighted by atomic mass is 10.2. The van der Waals surface area contributed by atoms with Crippen LogP contribution in [0.15, 0.2) is 36.7 Å². The molecule has 3 heterocycles. The summed E-state index contributed by atoms with van der Waals surface area (Å²) in [6.45, 7) is 5.24. The van der Waals surface area contributed by atoms with Crippen molar-refractivity contribution in [2.24, 2.45) is 0 Å². The van der Waals surface area contributed by atoms with Gasteiger partial charge in [-0.15, -0.1) is 0 Å². The molecule has 1 aliphatic heterocycles. The average Bonchev–Trinajstić information content (AvgIpc) is 3.04. The summed E-state index contributed by atoms with van der Waals surface area (Å²) in [5.74, 6) is 0.527. The van der Waals surface area contributed by atoms with Crippen molar-refractivity contribution in [1.29, 1.82) is 0 Å². The second kappa shape index (κ2) is 7.34. The molecule has 1 saturated heterocycles. The molecule has 1 aliphatic rings. The molecular formula is C17H21ClN4O2. The Balaban J connectivity index is 1.74. The van der Waals surface area contributed by atoms with Gasteiger partial charge in [0.05, 0.1) is 11.1 Å². The first-order valence-corrected chi connectivity index (χ1v) is 8.42. The van der Waals surface area contributed by atoms with Crippen molar-refractivity contribution in [1.82, 2.24) is 19.4 Å². The summed E-state index contributed by atoms with van der Waals surface area (Å²) in [5, 5.41) is 9.98. The fourth-order valence-electron chi connectivity index (χ4n) is 2.96. The Hall–Kier alpha value is -1.89. The maximum absolute atomic E-state index is 12.9. The van der Waals surface area contributed by atoms with Crippen LogP contribution in [-0.4, -0.2) is 69.2 Å². The van der Waals surface area contributed by atoms with E-state index < -0.39 is 0 Å². The van der Waals surface area contributed by atoms with Crippen LogP contribution >= 0.6 is 11.6 Å². The van der Waals surface area contributed by atoms with Crippen LogP contribution < -0.4 is 0 Å². The van der Waals surface area contributed by atoms with Gasteiger partial charge in [0.25, 0.3) is 5.91 Å². The normalized spacial score (nSPS) is 17.0. The maximum Gasteiger partial charge on any atom is 0.270 e. The lowest BCUT2D eigenvalue weighted by Gasteiger charge is -2.35. The molecule has 0 bridgehead atoms. The highest BCUT2D eigenvalue weighted by Gasteiger charge is 2.25. The first-order chi connectivity index (χ1) is 11.6. The fourth-order valence-corrected chi connectivity index (χ4v) is 3.18. The number of aliphatic hydroxyl groups is 1. The van der Waals surface area contributed by atoms with Crippen molar-refractivity contribution >= 4 is 17.5 Å². The van der Waals surface area contributed by atoms with Crippen LogP contribution in [0, 0.1) is 0 Å². The molecular weight excluding hydrogens is 328 g/mol. The van der Waals surface area contributed by atoms with Gasteiger partial charge in [-0.1, -0.05) is 11.6 Å². The molecule has 0 aromatic carbocycles. The summed E-state index contributed by atoms with van der Waals surface area (Å²) in [6, 6.07) is 7.13. The third-order valence-electron chi connectivity index (χ3n) is 4.12. The van der Waals surface area contributed by atoms with Crippen LogP contribution in [0.5, 0.6) is 0 Å². The Morgan fingerprint density at radius 3 is 2.71 bits per heavy atom. The highest BCUT2D eigenvalue weighted by molar-refractivity contribution is 6.32. The van der Waals surface area contributed by atoms with Crippen LogP contribution in [-0.2, 0) is 0 Å². The molecule has 6 nitrogen and oxygen atoms in total. The molecule has 0 radical (unpaired) electrons. The highest BCUT2D eigenvalue weighted by Crippen LogP contribution is 2.20. The molecule has 2 aromatic rings. The predicted molar refractivity (Wildman–Crippen MR) is 92.6 cm³/mol. The van der Waals surface area contributed by atoms with E-state index in [4.69, 9.17) is 11.6 Å². The van der Waals surface area contributed by atoms with Gasteiger partial charge in [-0.05, 0) is 31.2 Å². The number of carbonyl (C=O) groups is 1. The van der Waals surface area contributed by atoms with Gasteiger partial charge in [-0.3, -0.25) is 14.3 Å². The lowest BCUT2D eigenvalue weighted by Crippen LogP contribution is -2.50. The summed E-state index contributed by atoms with van der Waals surface area (Å²) in [4.78, 5) is 21.1. The number of pyridine rings is 1. The van der Waals surface area contributed by atoms with E-state index in [-0.39, 0.29) is 12.0 Å². The Bertz CT molecular complexity index is 708. The average molecular weight is 349 g/mol. The maximum atomic E-state index is 12.9. The smallest absolute Gasteiger partial charge is 0.270 e. The third-order valence-corrected chi connectivity index (χ3v) is 4.41. The number of amides is 1. The largest absolute Gasteiger partial charge is 0.392 e. The number of carbonyl (C=O) groups excluding carboxylic acids is 1. The van der Waals surface area contributed by atoms with E-state index in [9.17, 15) is 9.90 Å². The van der Waals surface area contributed by atoms with Crippen LogP contribution in [0.3, 0.4) is 0 Å². The van der Waals surface area contributed by atoms with Gasteiger partial charge in [-0.25, -0.2) is 4.98 Å². The number of piperazine rings is 1. The molecule has 0 spiro atoms. The lowest BCUT2D eigenvalue weighted by molar-refractivity contribution is 0.0547. The summed E-state index contributed by atoms with van der Waals surface area (Å²) in [7, 11) is 0. The molecule has 1 amide bonds. The van der Waals surface area contributed by atoms with E-state index in [0.717, 1.165) is 13.1 Å². The second-order valence-corrected chi connectivity index (χ2v) is 6.42. The van der Waals surface area contributed by atoms with Gasteiger partial charge in [0, 0.05) is 45.1 Å². The molecule has 128 valence electrons. The molecule has 1 N–H and O–H groups in total. The molecule has 1 atom stereocenters. The molecule has 24 heavy (non-hydrogen) atoms. The Labute approximate surface area is 146 Å². The zero-order valence-electron chi connectivity index (χ0n) is 13.6. The van der Waals surface area contributed by atoms with Crippen molar-refractivity contribution < 1.29 is 9.90 Å². The van der Waals surface area contributed by atoms with Gasteiger partial charge in [0.1, 0.15) is 5.69 Å². The zero-order chi connectivity index (χ0) is 17.1. The quantitative estimate of drug-likeness (QED) is 0.913. The number of nitrogens with zero attached hydrogens (tertiary/aromatic N) is 4. The van der Waals surface area contributed by atoms with Crippen LogP contribution in [0.4, 0.5) is 0 Å².